The molecule has 0 bridgehead atoms. The Balaban J connectivity index is 1.64. The fraction of sp³-hybridized carbons (Fsp3) is 0.143. The molecule has 3 aromatic rings. The van der Waals surface area contributed by atoms with Crippen molar-refractivity contribution in [2.24, 2.45) is 0 Å². The molecular formula is C21H20N4O3. The smallest absolute Gasteiger partial charge is 0.307 e. The summed E-state index contributed by atoms with van der Waals surface area (Å²) in [6.07, 6.45) is -0.0487. The van der Waals surface area contributed by atoms with E-state index in [4.69, 9.17) is 5.11 Å². The number of anilines is 3. The van der Waals surface area contributed by atoms with Crippen LogP contribution in [-0.4, -0.2) is 27.0 Å². The zero-order chi connectivity index (χ0) is 20.1. The van der Waals surface area contributed by atoms with Crippen molar-refractivity contribution in [3.63, 3.8) is 0 Å². The van der Waals surface area contributed by atoms with Crippen LogP contribution in [0.1, 0.15) is 27.3 Å². The largest absolute Gasteiger partial charge is 0.481 e. The SMILES string of the molecule is Cc1cc(C)nc(Nc2ccc(C(=O)Nc3ccc(CC(=O)O)cc3)cc2)n1. The van der Waals surface area contributed by atoms with E-state index in [-0.39, 0.29) is 12.3 Å². The maximum absolute atomic E-state index is 12.4. The predicted octanol–water partition coefficient (Wildman–Crippen LogP) is 3.72. The number of aromatic nitrogens is 2. The summed E-state index contributed by atoms with van der Waals surface area (Å²) in [5, 5.41) is 14.7. The minimum absolute atomic E-state index is 0.0487. The summed E-state index contributed by atoms with van der Waals surface area (Å²) < 4.78 is 0. The van der Waals surface area contributed by atoms with Gasteiger partial charge in [-0.2, -0.15) is 0 Å². The molecule has 0 spiro atoms. The molecule has 28 heavy (non-hydrogen) atoms. The predicted molar refractivity (Wildman–Crippen MR) is 107 cm³/mol. The van der Waals surface area contributed by atoms with Gasteiger partial charge in [-0.25, -0.2) is 9.97 Å². The van der Waals surface area contributed by atoms with E-state index in [1.807, 2.05) is 19.9 Å². The number of carboxylic acids is 1. The van der Waals surface area contributed by atoms with Crippen molar-refractivity contribution >= 4 is 29.2 Å². The number of amides is 1. The van der Waals surface area contributed by atoms with Crippen molar-refractivity contribution in [2.45, 2.75) is 20.3 Å². The highest BCUT2D eigenvalue weighted by atomic mass is 16.4. The Hall–Kier alpha value is -3.74. The molecule has 1 amide bonds. The molecule has 3 N–H and O–H groups in total. The zero-order valence-corrected chi connectivity index (χ0v) is 15.6. The first-order valence-electron chi connectivity index (χ1n) is 8.70. The van der Waals surface area contributed by atoms with Gasteiger partial charge in [0.15, 0.2) is 0 Å². The molecule has 3 rings (SSSR count). The number of hydrogen-bond acceptors (Lipinski definition) is 5. The molecule has 2 aromatic carbocycles. The van der Waals surface area contributed by atoms with Crippen LogP contribution in [0.25, 0.3) is 0 Å². The molecule has 7 heteroatoms. The van der Waals surface area contributed by atoms with Gasteiger partial charge in [-0.15, -0.1) is 0 Å². The third-order valence-electron chi connectivity index (χ3n) is 3.95. The number of hydrogen-bond donors (Lipinski definition) is 3. The van der Waals surface area contributed by atoms with Crippen molar-refractivity contribution < 1.29 is 14.7 Å². The fourth-order valence-electron chi connectivity index (χ4n) is 2.70. The number of nitrogens with one attached hydrogen (secondary N) is 2. The summed E-state index contributed by atoms with van der Waals surface area (Å²) in [5.41, 5.74) is 4.31. The van der Waals surface area contributed by atoms with Gasteiger partial charge in [0.1, 0.15) is 0 Å². The van der Waals surface area contributed by atoms with Gasteiger partial charge in [-0.3, -0.25) is 9.59 Å². The summed E-state index contributed by atoms with van der Waals surface area (Å²) in [5.74, 6) is -0.631. The number of carbonyl (C=O) groups is 2. The van der Waals surface area contributed by atoms with E-state index >= 15 is 0 Å². The monoisotopic (exact) mass is 376 g/mol. The van der Waals surface area contributed by atoms with E-state index < -0.39 is 5.97 Å². The van der Waals surface area contributed by atoms with Gasteiger partial charge in [0.2, 0.25) is 5.95 Å². The van der Waals surface area contributed by atoms with Gasteiger partial charge >= 0.3 is 5.97 Å². The van der Waals surface area contributed by atoms with Crippen LogP contribution < -0.4 is 10.6 Å². The molecule has 0 saturated carbocycles. The Kier molecular flexibility index (Phi) is 5.64. The maximum Gasteiger partial charge on any atom is 0.307 e. The fourth-order valence-corrected chi connectivity index (χ4v) is 2.70. The Labute approximate surface area is 162 Å². The molecule has 1 heterocycles. The zero-order valence-electron chi connectivity index (χ0n) is 15.6. The molecule has 0 atom stereocenters. The molecule has 0 aliphatic rings. The van der Waals surface area contributed by atoms with Crippen molar-refractivity contribution in [1.82, 2.24) is 9.97 Å². The number of aliphatic carboxylic acids is 1. The second-order valence-corrected chi connectivity index (χ2v) is 6.40. The Morgan fingerprint density at radius 3 is 2.04 bits per heavy atom. The quantitative estimate of drug-likeness (QED) is 0.606. The summed E-state index contributed by atoms with van der Waals surface area (Å²) in [6, 6.07) is 15.6. The summed E-state index contributed by atoms with van der Waals surface area (Å²) in [6.45, 7) is 3.81. The molecule has 0 aliphatic carbocycles. The van der Waals surface area contributed by atoms with Gasteiger partial charge in [-0.1, -0.05) is 12.1 Å². The van der Waals surface area contributed by atoms with E-state index in [0.717, 1.165) is 17.1 Å². The van der Waals surface area contributed by atoms with Crippen molar-refractivity contribution in [3.8, 4) is 0 Å². The Morgan fingerprint density at radius 2 is 1.46 bits per heavy atom. The number of rotatable bonds is 6. The molecular weight excluding hydrogens is 356 g/mol. The van der Waals surface area contributed by atoms with Crippen LogP contribution in [0.4, 0.5) is 17.3 Å². The van der Waals surface area contributed by atoms with Gasteiger partial charge in [-0.05, 0) is 61.9 Å². The second-order valence-electron chi connectivity index (χ2n) is 6.40. The molecule has 0 radical (unpaired) electrons. The minimum Gasteiger partial charge on any atom is -0.481 e. The van der Waals surface area contributed by atoms with Crippen LogP contribution in [0, 0.1) is 13.8 Å². The van der Waals surface area contributed by atoms with Crippen molar-refractivity contribution in [2.75, 3.05) is 10.6 Å². The van der Waals surface area contributed by atoms with Crippen LogP contribution in [0.5, 0.6) is 0 Å². The normalized spacial score (nSPS) is 10.4. The first kappa shape index (κ1) is 19.0. The minimum atomic E-state index is -0.892. The number of carbonyl (C=O) groups excluding carboxylic acids is 1. The third kappa shape index (κ3) is 5.14. The van der Waals surface area contributed by atoms with Gasteiger partial charge < -0.3 is 15.7 Å². The standard InChI is InChI=1S/C21H20N4O3/c1-13-11-14(2)23-21(22-13)25-18-9-5-16(6-10-18)20(28)24-17-7-3-15(4-8-17)12-19(26)27/h3-11H,12H2,1-2H3,(H,24,28)(H,26,27)(H,22,23,25). The van der Waals surface area contributed by atoms with Gasteiger partial charge in [0.05, 0.1) is 6.42 Å². The molecule has 0 fully saturated rings. The van der Waals surface area contributed by atoms with Gasteiger partial charge in [0.25, 0.3) is 5.91 Å². The second kappa shape index (κ2) is 8.30. The third-order valence-corrected chi connectivity index (χ3v) is 3.95. The van der Waals surface area contributed by atoms with Crippen LogP contribution in [-0.2, 0) is 11.2 Å². The first-order chi connectivity index (χ1) is 13.4. The summed E-state index contributed by atoms with van der Waals surface area (Å²) in [4.78, 5) is 31.8. The molecule has 0 aliphatic heterocycles. The van der Waals surface area contributed by atoms with E-state index in [0.29, 0.717) is 22.8 Å². The Bertz CT molecular complexity index is 979. The van der Waals surface area contributed by atoms with Crippen LogP contribution in [0.3, 0.4) is 0 Å². The lowest BCUT2D eigenvalue weighted by atomic mass is 10.1. The average Bonchev–Trinajstić information content (AvgIpc) is 2.62. The lowest BCUT2D eigenvalue weighted by Crippen LogP contribution is -2.12. The lowest BCUT2D eigenvalue weighted by molar-refractivity contribution is -0.136. The lowest BCUT2D eigenvalue weighted by Gasteiger charge is -2.09. The molecule has 7 nitrogen and oxygen atoms in total. The highest BCUT2D eigenvalue weighted by Crippen LogP contribution is 2.17. The van der Waals surface area contributed by atoms with Crippen LogP contribution in [0.15, 0.2) is 54.6 Å². The number of aryl methyl sites for hydroxylation is 2. The van der Waals surface area contributed by atoms with E-state index in [1.165, 1.54) is 0 Å². The van der Waals surface area contributed by atoms with Crippen LogP contribution in [0.2, 0.25) is 0 Å². The average molecular weight is 376 g/mol. The van der Waals surface area contributed by atoms with Crippen molar-refractivity contribution in [3.05, 3.63) is 77.1 Å². The van der Waals surface area contributed by atoms with E-state index in [1.54, 1.807) is 48.5 Å². The number of benzene rings is 2. The molecule has 0 unspecified atom stereocenters. The van der Waals surface area contributed by atoms with Crippen LogP contribution >= 0.6 is 0 Å². The van der Waals surface area contributed by atoms with Crippen molar-refractivity contribution in [1.29, 1.82) is 0 Å². The maximum atomic E-state index is 12.4. The summed E-state index contributed by atoms with van der Waals surface area (Å²) >= 11 is 0. The summed E-state index contributed by atoms with van der Waals surface area (Å²) in [7, 11) is 0. The molecule has 142 valence electrons. The number of nitrogens with zero attached hydrogens (tertiary/aromatic N) is 2. The Morgan fingerprint density at radius 1 is 0.893 bits per heavy atom. The topological polar surface area (TPSA) is 104 Å². The highest BCUT2D eigenvalue weighted by molar-refractivity contribution is 6.04. The molecule has 0 saturated heterocycles. The number of carboxylic acid groups (broad SMARTS) is 1. The van der Waals surface area contributed by atoms with E-state index in [9.17, 15) is 9.59 Å². The highest BCUT2D eigenvalue weighted by Gasteiger charge is 2.08. The molecule has 1 aromatic heterocycles. The van der Waals surface area contributed by atoms with Gasteiger partial charge in [0, 0.05) is 28.3 Å². The first-order valence-corrected chi connectivity index (χ1v) is 8.70. The van der Waals surface area contributed by atoms with E-state index in [2.05, 4.69) is 20.6 Å².